The van der Waals surface area contributed by atoms with Crippen molar-refractivity contribution >= 4 is 17.4 Å². The quantitative estimate of drug-likeness (QED) is 0.536. The van der Waals surface area contributed by atoms with Crippen LogP contribution in [0.25, 0.3) is 16.9 Å². The summed E-state index contributed by atoms with van der Waals surface area (Å²) in [7, 11) is 1.64. The van der Waals surface area contributed by atoms with E-state index in [9.17, 15) is 4.79 Å². The minimum atomic E-state index is -0.125. The third-order valence-corrected chi connectivity index (χ3v) is 5.27. The molecule has 0 radical (unpaired) electrons. The van der Waals surface area contributed by atoms with Crippen LogP contribution in [0.3, 0.4) is 0 Å². The number of thioether (sulfide) groups is 1. The van der Waals surface area contributed by atoms with E-state index >= 15 is 0 Å². The minimum absolute atomic E-state index is 0.125. The van der Waals surface area contributed by atoms with E-state index in [0.717, 1.165) is 33.3 Å². The van der Waals surface area contributed by atoms with Crippen LogP contribution in [-0.4, -0.2) is 26.7 Å². The van der Waals surface area contributed by atoms with Gasteiger partial charge in [0.25, 0.3) is 5.56 Å². The average Bonchev–Trinajstić information content (AvgIpc) is 3.04. The molecule has 7 heteroatoms. The molecule has 3 heterocycles. The Hall–Kier alpha value is -3.06. The van der Waals surface area contributed by atoms with Gasteiger partial charge in [-0.25, -0.2) is 14.5 Å². The first kappa shape index (κ1) is 17.4. The van der Waals surface area contributed by atoms with Gasteiger partial charge in [-0.05, 0) is 43.3 Å². The van der Waals surface area contributed by atoms with Crippen molar-refractivity contribution < 1.29 is 4.74 Å². The highest BCUT2D eigenvalue weighted by atomic mass is 32.2. The summed E-state index contributed by atoms with van der Waals surface area (Å²) in [5.41, 5.74) is 4.03. The number of fused-ring (bicyclic) bond motifs is 1. The van der Waals surface area contributed by atoms with E-state index < -0.39 is 0 Å². The molecule has 1 aromatic carbocycles. The lowest BCUT2D eigenvalue weighted by atomic mass is 10.1. The maximum absolute atomic E-state index is 12.6. The van der Waals surface area contributed by atoms with Crippen LogP contribution in [0.4, 0.5) is 0 Å². The lowest BCUT2D eigenvalue weighted by molar-refractivity contribution is 0.415. The highest BCUT2D eigenvalue weighted by molar-refractivity contribution is 7.98. The van der Waals surface area contributed by atoms with E-state index in [0.29, 0.717) is 11.4 Å². The molecule has 0 aliphatic heterocycles. The fourth-order valence-electron chi connectivity index (χ4n) is 2.89. The number of pyridine rings is 1. The number of hydrogen-bond acceptors (Lipinski definition) is 5. The summed E-state index contributed by atoms with van der Waals surface area (Å²) >= 11 is 1.56. The van der Waals surface area contributed by atoms with Gasteiger partial charge < -0.3 is 4.74 Å². The Labute approximate surface area is 160 Å². The molecule has 27 heavy (non-hydrogen) atoms. The van der Waals surface area contributed by atoms with Crippen LogP contribution in [0.5, 0.6) is 5.75 Å². The molecule has 3 aromatic heterocycles. The van der Waals surface area contributed by atoms with E-state index in [1.54, 1.807) is 31.1 Å². The Balaban J connectivity index is 1.69. The maximum atomic E-state index is 12.6. The number of ether oxygens (including phenoxy) is 1. The van der Waals surface area contributed by atoms with Crippen molar-refractivity contribution in [3.63, 3.8) is 0 Å². The van der Waals surface area contributed by atoms with Gasteiger partial charge >= 0.3 is 0 Å². The molecule has 0 fully saturated rings. The van der Waals surface area contributed by atoms with Crippen LogP contribution in [0.15, 0.2) is 64.5 Å². The molecule has 4 rings (SSSR count). The van der Waals surface area contributed by atoms with Crippen molar-refractivity contribution in [1.82, 2.24) is 19.6 Å². The fourth-order valence-corrected chi connectivity index (χ4v) is 3.64. The molecule has 4 aromatic rings. The molecule has 6 nitrogen and oxygen atoms in total. The van der Waals surface area contributed by atoms with Crippen LogP contribution in [-0.2, 0) is 5.75 Å². The first-order chi connectivity index (χ1) is 13.2. The van der Waals surface area contributed by atoms with E-state index in [4.69, 9.17) is 4.74 Å². The molecule has 0 bridgehead atoms. The van der Waals surface area contributed by atoms with Crippen LogP contribution in [0.1, 0.15) is 11.3 Å². The molecule has 0 aliphatic rings. The molecule has 0 saturated carbocycles. The van der Waals surface area contributed by atoms with E-state index in [1.165, 1.54) is 4.52 Å². The second kappa shape index (κ2) is 7.28. The number of aryl methyl sites for hydroxylation is 1. The Morgan fingerprint density at radius 1 is 1.19 bits per heavy atom. The SMILES string of the molecule is COc1ccc(-c2[nH]n3c(=O)cc(CSc4ccccn4)nc3c2C)cc1. The number of nitrogens with one attached hydrogen (secondary N) is 1. The van der Waals surface area contributed by atoms with Gasteiger partial charge in [-0.3, -0.25) is 9.89 Å². The smallest absolute Gasteiger partial charge is 0.272 e. The lowest BCUT2D eigenvalue weighted by Crippen LogP contribution is -2.15. The van der Waals surface area contributed by atoms with Crippen molar-refractivity contribution in [2.24, 2.45) is 0 Å². The number of H-pyrrole nitrogens is 1. The largest absolute Gasteiger partial charge is 0.497 e. The summed E-state index contributed by atoms with van der Waals surface area (Å²) in [5.74, 6) is 1.38. The number of aromatic nitrogens is 4. The second-order valence-corrected chi connectivity index (χ2v) is 7.04. The standard InChI is InChI=1S/C20H18N4O2S/c1-13-19(14-6-8-16(26-2)9-7-14)23-24-18(25)11-15(22-20(13)24)12-27-17-5-3-4-10-21-17/h3-11,23H,12H2,1-2H3. The second-order valence-electron chi connectivity index (χ2n) is 6.04. The zero-order valence-corrected chi connectivity index (χ0v) is 15.8. The molecule has 0 atom stereocenters. The third-order valence-electron chi connectivity index (χ3n) is 4.29. The maximum Gasteiger partial charge on any atom is 0.272 e. The van der Waals surface area contributed by atoms with E-state index in [2.05, 4.69) is 15.1 Å². The van der Waals surface area contributed by atoms with E-state index in [-0.39, 0.29) is 5.56 Å². The summed E-state index contributed by atoms with van der Waals surface area (Å²) in [6.07, 6.45) is 1.76. The Kier molecular flexibility index (Phi) is 4.68. The van der Waals surface area contributed by atoms with Crippen molar-refractivity contribution in [3.8, 4) is 17.0 Å². The normalized spacial score (nSPS) is 11.0. The van der Waals surface area contributed by atoms with Gasteiger partial charge in [0.2, 0.25) is 0 Å². The number of rotatable bonds is 5. The van der Waals surface area contributed by atoms with Gasteiger partial charge in [-0.15, -0.1) is 11.8 Å². The zero-order chi connectivity index (χ0) is 18.8. The topological polar surface area (TPSA) is 72.3 Å². The van der Waals surface area contributed by atoms with Crippen molar-refractivity contribution in [2.75, 3.05) is 7.11 Å². The summed E-state index contributed by atoms with van der Waals surface area (Å²) in [4.78, 5) is 21.5. The Morgan fingerprint density at radius 3 is 2.70 bits per heavy atom. The first-order valence-corrected chi connectivity index (χ1v) is 9.44. The minimum Gasteiger partial charge on any atom is -0.497 e. The predicted octanol–water partition coefficient (Wildman–Crippen LogP) is 3.69. The predicted molar refractivity (Wildman–Crippen MR) is 106 cm³/mol. The number of aromatic amines is 1. The summed E-state index contributed by atoms with van der Waals surface area (Å²) in [5, 5.41) is 4.08. The zero-order valence-electron chi connectivity index (χ0n) is 15.0. The van der Waals surface area contributed by atoms with Crippen LogP contribution >= 0.6 is 11.8 Å². The third kappa shape index (κ3) is 3.46. The van der Waals surface area contributed by atoms with Crippen LogP contribution < -0.4 is 10.3 Å². The molecule has 0 amide bonds. The van der Waals surface area contributed by atoms with E-state index in [1.807, 2.05) is 49.4 Å². The average molecular weight is 378 g/mol. The lowest BCUT2D eigenvalue weighted by Gasteiger charge is -2.02. The van der Waals surface area contributed by atoms with Crippen LogP contribution in [0.2, 0.25) is 0 Å². The number of methoxy groups -OCH3 is 1. The van der Waals surface area contributed by atoms with Gasteiger partial charge in [0, 0.05) is 29.1 Å². The summed E-state index contributed by atoms with van der Waals surface area (Å²) in [6.45, 7) is 1.97. The Bertz CT molecular complexity index is 1130. The van der Waals surface area contributed by atoms with Crippen molar-refractivity contribution in [1.29, 1.82) is 0 Å². The molecular weight excluding hydrogens is 360 g/mol. The molecule has 0 saturated heterocycles. The monoisotopic (exact) mass is 378 g/mol. The molecule has 1 N–H and O–H groups in total. The molecule has 0 unspecified atom stereocenters. The van der Waals surface area contributed by atoms with Gasteiger partial charge in [-0.2, -0.15) is 0 Å². The highest BCUT2D eigenvalue weighted by Gasteiger charge is 2.14. The molecule has 0 aliphatic carbocycles. The molecule has 0 spiro atoms. The number of hydrogen-bond donors (Lipinski definition) is 1. The molecule has 136 valence electrons. The van der Waals surface area contributed by atoms with Gasteiger partial charge in [-0.1, -0.05) is 6.07 Å². The van der Waals surface area contributed by atoms with Crippen LogP contribution in [0, 0.1) is 6.92 Å². The van der Waals surface area contributed by atoms with Gasteiger partial charge in [0.15, 0.2) is 5.65 Å². The van der Waals surface area contributed by atoms with Gasteiger partial charge in [0.1, 0.15) is 5.75 Å². The summed E-state index contributed by atoms with van der Waals surface area (Å²) < 4.78 is 6.70. The summed E-state index contributed by atoms with van der Waals surface area (Å²) in [6, 6.07) is 15.0. The first-order valence-electron chi connectivity index (χ1n) is 8.45. The van der Waals surface area contributed by atoms with Crippen molar-refractivity contribution in [2.45, 2.75) is 17.7 Å². The molecular formula is C20H18N4O2S. The number of nitrogens with zero attached hydrogens (tertiary/aromatic N) is 3. The van der Waals surface area contributed by atoms with Gasteiger partial charge in [0.05, 0.1) is 23.5 Å². The Morgan fingerprint density at radius 2 is 2.00 bits per heavy atom. The highest BCUT2D eigenvalue weighted by Crippen LogP contribution is 2.26. The fraction of sp³-hybridized carbons (Fsp3) is 0.150. The van der Waals surface area contributed by atoms with Crippen molar-refractivity contribution in [3.05, 3.63) is 76.3 Å². The number of benzene rings is 1.